The summed E-state index contributed by atoms with van der Waals surface area (Å²) in [5.74, 6) is 0.325. The Morgan fingerprint density at radius 3 is 2.42 bits per heavy atom. The number of fused-ring (bicyclic) bond motifs is 1. The van der Waals surface area contributed by atoms with E-state index in [-0.39, 0.29) is 10.8 Å². The molecule has 7 nitrogen and oxygen atoms in total. The topological polar surface area (TPSA) is 95.2 Å². The van der Waals surface area contributed by atoms with Gasteiger partial charge in [-0.2, -0.15) is 0 Å². The number of H-pyrrole nitrogens is 1. The van der Waals surface area contributed by atoms with Crippen molar-refractivity contribution < 1.29 is 13.2 Å². The van der Waals surface area contributed by atoms with E-state index in [4.69, 9.17) is 0 Å². The van der Waals surface area contributed by atoms with Gasteiger partial charge in [0.1, 0.15) is 5.82 Å². The van der Waals surface area contributed by atoms with E-state index in [1.807, 2.05) is 55.5 Å². The van der Waals surface area contributed by atoms with Crippen LogP contribution in [0.3, 0.4) is 0 Å². The number of unbranched alkanes of at least 4 members (excludes halogenated alkanes) is 1. The maximum Gasteiger partial charge on any atom is 0.255 e. The molecule has 1 heterocycles. The molecule has 0 bridgehead atoms. The lowest BCUT2D eigenvalue weighted by Gasteiger charge is -2.17. The van der Waals surface area contributed by atoms with Crippen LogP contribution < -0.4 is 5.32 Å². The largest absolute Gasteiger partial charge is 0.338 e. The molecule has 0 aliphatic heterocycles. The first-order chi connectivity index (χ1) is 15.9. The number of para-hydroxylation sites is 3. The van der Waals surface area contributed by atoms with E-state index in [9.17, 15) is 13.2 Å². The third-order valence-electron chi connectivity index (χ3n) is 5.47. The fraction of sp³-hybridized carbons (Fsp3) is 0.200. The number of anilines is 1. The highest BCUT2D eigenvalue weighted by molar-refractivity contribution is 7.89. The van der Waals surface area contributed by atoms with Crippen molar-refractivity contribution in [3.8, 4) is 11.4 Å². The molecule has 0 fully saturated rings. The molecule has 4 aromatic rings. The van der Waals surface area contributed by atoms with E-state index >= 15 is 0 Å². The van der Waals surface area contributed by atoms with Crippen LogP contribution in [0, 0.1) is 0 Å². The van der Waals surface area contributed by atoms with Crippen LogP contribution in [0.4, 0.5) is 5.69 Å². The molecule has 1 aromatic heterocycles. The third kappa shape index (κ3) is 4.81. The molecule has 0 saturated carbocycles. The fourth-order valence-electron chi connectivity index (χ4n) is 3.53. The smallest absolute Gasteiger partial charge is 0.255 e. The number of carbonyl (C=O) groups is 1. The Kier molecular flexibility index (Phi) is 6.57. The first-order valence-electron chi connectivity index (χ1n) is 10.8. The van der Waals surface area contributed by atoms with Crippen LogP contribution in [0.5, 0.6) is 0 Å². The van der Waals surface area contributed by atoms with Crippen LogP contribution >= 0.6 is 0 Å². The van der Waals surface area contributed by atoms with Crippen molar-refractivity contribution in [1.82, 2.24) is 14.3 Å². The number of aromatic amines is 1. The summed E-state index contributed by atoms with van der Waals surface area (Å²) in [4.78, 5) is 21.0. The van der Waals surface area contributed by atoms with Gasteiger partial charge in [-0.1, -0.05) is 37.6 Å². The molecule has 2 N–H and O–H groups in total. The standard InChI is InChI=1S/C25H26N4O3S/c1-3-4-17-29(2)33(31,32)19-15-13-18(14-16-19)25(30)28-21-10-6-5-9-20(21)24-26-22-11-7-8-12-23(22)27-24/h5-16H,3-4,17H2,1-2H3,(H,26,27)(H,28,30). The molecule has 0 unspecified atom stereocenters. The maximum absolute atomic E-state index is 12.9. The van der Waals surface area contributed by atoms with Crippen molar-refractivity contribution in [3.05, 3.63) is 78.4 Å². The molecular weight excluding hydrogens is 436 g/mol. The van der Waals surface area contributed by atoms with E-state index < -0.39 is 10.0 Å². The molecule has 0 saturated heterocycles. The van der Waals surface area contributed by atoms with Crippen molar-refractivity contribution in [2.24, 2.45) is 0 Å². The summed E-state index contributed by atoms with van der Waals surface area (Å²) in [7, 11) is -2.01. The zero-order chi connectivity index (χ0) is 23.4. The quantitative estimate of drug-likeness (QED) is 0.389. The number of nitrogens with zero attached hydrogens (tertiary/aromatic N) is 2. The van der Waals surface area contributed by atoms with E-state index in [1.54, 1.807) is 7.05 Å². The van der Waals surface area contributed by atoms with Gasteiger partial charge < -0.3 is 10.3 Å². The second kappa shape index (κ2) is 9.56. The van der Waals surface area contributed by atoms with E-state index in [1.165, 1.54) is 28.6 Å². The first-order valence-corrected chi connectivity index (χ1v) is 12.3. The number of rotatable bonds is 8. The molecule has 0 spiro atoms. The molecule has 0 atom stereocenters. The maximum atomic E-state index is 12.9. The van der Waals surface area contributed by atoms with Crippen LogP contribution in [0.15, 0.2) is 77.7 Å². The van der Waals surface area contributed by atoms with Gasteiger partial charge in [-0.15, -0.1) is 0 Å². The highest BCUT2D eigenvalue weighted by Gasteiger charge is 2.21. The van der Waals surface area contributed by atoms with Gasteiger partial charge in [0.05, 0.1) is 21.6 Å². The SMILES string of the molecule is CCCCN(C)S(=O)(=O)c1ccc(C(=O)Nc2ccccc2-c2nc3ccccc3[nH]2)cc1. The van der Waals surface area contributed by atoms with E-state index in [0.717, 1.165) is 29.4 Å². The second-order valence-electron chi connectivity index (χ2n) is 7.81. The van der Waals surface area contributed by atoms with Crippen molar-refractivity contribution in [1.29, 1.82) is 0 Å². The average molecular weight is 463 g/mol. The molecule has 8 heteroatoms. The van der Waals surface area contributed by atoms with Gasteiger partial charge in [0.25, 0.3) is 5.91 Å². The van der Waals surface area contributed by atoms with Gasteiger partial charge in [0.15, 0.2) is 0 Å². The summed E-state index contributed by atoms with van der Waals surface area (Å²) < 4.78 is 26.7. The van der Waals surface area contributed by atoms with Crippen molar-refractivity contribution in [3.63, 3.8) is 0 Å². The van der Waals surface area contributed by atoms with Crippen LogP contribution in [-0.2, 0) is 10.0 Å². The van der Waals surface area contributed by atoms with Crippen molar-refractivity contribution in [2.75, 3.05) is 18.9 Å². The zero-order valence-corrected chi connectivity index (χ0v) is 19.4. The first kappa shape index (κ1) is 22.7. The number of imidazole rings is 1. The second-order valence-corrected chi connectivity index (χ2v) is 9.85. The van der Waals surface area contributed by atoms with Crippen LogP contribution in [0.1, 0.15) is 30.1 Å². The number of nitrogens with one attached hydrogen (secondary N) is 2. The van der Waals surface area contributed by atoms with Gasteiger partial charge in [-0.25, -0.2) is 17.7 Å². The molecule has 0 aliphatic rings. The predicted octanol–water partition coefficient (Wildman–Crippen LogP) is 4.90. The Morgan fingerprint density at radius 1 is 1.00 bits per heavy atom. The number of benzene rings is 3. The van der Waals surface area contributed by atoms with Crippen LogP contribution in [-0.4, -0.2) is 42.2 Å². The minimum Gasteiger partial charge on any atom is -0.338 e. The Hall–Kier alpha value is -3.49. The van der Waals surface area contributed by atoms with Gasteiger partial charge in [-0.05, 0) is 55.0 Å². The molecule has 4 rings (SSSR count). The Morgan fingerprint density at radius 2 is 1.70 bits per heavy atom. The molecular formula is C25H26N4O3S. The molecule has 0 aliphatic carbocycles. The summed E-state index contributed by atoms with van der Waals surface area (Å²) in [6.45, 7) is 2.47. The zero-order valence-electron chi connectivity index (χ0n) is 18.6. The molecule has 0 radical (unpaired) electrons. The monoisotopic (exact) mass is 462 g/mol. The Bertz CT molecular complexity index is 1350. The predicted molar refractivity (Wildman–Crippen MR) is 131 cm³/mol. The van der Waals surface area contributed by atoms with Crippen molar-refractivity contribution >= 4 is 32.7 Å². The summed E-state index contributed by atoms with van der Waals surface area (Å²) in [6, 6.07) is 21.1. The highest BCUT2D eigenvalue weighted by atomic mass is 32.2. The molecule has 170 valence electrons. The highest BCUT2D eigenvalue weighted by Crippen LogP contribution is 2.28. The Balaban J connectivity index is 1.55. The van der Waals surface area contributed by atoms with E-state index in [2.05, 4.69) is 15.3 Å². The van der Waals surface area contributed by atoms with Gasteiger partial charge >= 0.3 is 0 Å². The van der Waals surface area contributed by atoms with Gasteiger partial charge in [-0.3, -0.25) is 4.79 Å². The fourth-order valence-corrected chi connectivity index (χ4v) is 4.74. The summed E-state index contributed by atoms with van der Waals surface area (Å²) in [5.41, 5.74) is 3.49. The number of hydrogen-bond donors (Lipinski definition) is 2. The number of carbonyl (C=O) groups excluding carboxylic acids is 1. The van der Waals surface area contributed by atoms with Crippen LogP contribution in [0.25, 0.3) is 22.4 Å². The average Bonchev–Trinajstić information content (AvgIpc) is 3.27. The summed E-state index contributed by atoms with van der Waals surface area (Å²) in [5, 5.41) is 2.92. The van der Waals surface area contributed by atoms with Crippen LogP contribution in [0.2, 0.25) is 0 Å². The minimum atomic E-state index is -3.58. The summed E-state index contributed by atoms with van der Waals surface area (Å²) in [6.07, 6.45) is 1.70. The minimum absolute atomic E-state index is 0.167. The molecule has 1 amide bonds. The molecule has 33 heavy (non-hydrogen) atoms. The lowest BCUT2D eigenvalue weighted by molar-refractivity contribution is 0.102. The number of sulfonamides is 1. The summed E-state index contributed by atoms with van der Waals surface area (Å²) >= 11 is 0. The van der Waals surface area contributed by atoms with E-state index in [0.29, 0.717) is 23.6 Å². The lowest BCUT2D eigenvalue weighted by Crippen LogP contribution is -2.28. The van der Waals surface area contributed by atoms with Crippen molar-refractivity contribution in [2.45, 2.75) is 24.7 Å². The number of aromatic nitrogens is 2. The lowest BCUT2D eigenvalue weighted by atomic mass is 10.1. The van der Waals surface area contributed by atoms with Gasteiger partial charge in [0.2, 0.25) is 10.0 Å². The number of amides is 1. The third-order valence-corrected chi connectivity index (χ3v) is 7.34. The normalized spacial score (nSPS) is 11.7. The van der Waals surface area contributed by atoms with Gasteiger partial charge in [0, 0.05) is 24.7 Å². The number of hydrogen-bond acceptors (Lipinski definition) is 4. The molecule has 3 aromatic carbocycles. The Labute approximate surface area is 193 Å².